The maximum Gasteiger partial charge on any atom is 0.231 e. The molecule has 0 bridgehead atoms. The van der Waals surface area contributed by atoms with Crippen LogP contribution in [0.25, 0.3) is 0 Å². The molecule has 1 atom stereocenters. The van der Waals surface area contributed by atoms with Crippen LogP contribution in [0.2, 0.25) is 0 Å². The number of methoxy groups -OCH3 is 1. The first-order valence-corrected chi connectivity index (χ1v) is 5.35. The summed E-state index contributed by atoms with van der Waals surface area (Å²) >= 11 is 0. The normalized spacial score (nSPS) is 14.9. The van der Waals surface area contributed by atoms with E-state index in [4.69, 9.17) is 14.2 Å². The van der Waals surface area contributed by atoms with E-state index >= 15 is 0 Å². The Morgan fingerprint density at radius 3 is 2.94 bits per heavy atom. The van der Waals surface area contributed by atoms with E-state index in [1.165, 1.54) is 0 Å². The van der Waals surface area contributed by atoms with E-state index in [0.29, 0.717) is 11.5 Å². The van der Waals surface area contributed by atoms with Crippen molar-refractivity contribution in [3.63, 3.8) is 0 Å². The highest BCUT2D eigenvalue weighted by molar-refractivity contribution is 5.55. The van der Waals surface area contributed by atoms with Crippen molar-refractivity contribution < 1.29 is 19.3 Å². The molecule has 1 aliphatic heterocycles. The van der Waals surface area contributed by atoms with E-state index in [2.05, 4.69) is 0 Å². The minimum absolute atomic E-state index is 0.242. The van der Waals surface area contributed by atoms with Crippen molar-refractivity contribution in [2.24, 2.45) is 0 Å². The van der Waals surface area contributed by atoms with Gasteiger partial charge in [0.1, 0.15) is 0 Å². The van der Waals surface area contributed by atoms with Crippen LogP contribution in [0.1, 0.15) is 18.9 Å². The van der Waals surface area contributed by atoms with E-state index in [-0.39, 0.29) is 12.9 Å². The molecule has 0 amide bonds. The minimum atomic E-state index is -0.295. The molecule has 0 spiro atoms. The molecule has 4 heteroatoms. The molecule has 0 saturated carbocycles. The molecule has 4 nitrogen and oxygen atoms in total. The molecular formula is C12H16O4. The molecule has 1 aliphatic rings. The number of rotatable bonds is 4. The van der Waals surface area contributed by atoms with Crippen LogP contribution < -0.4 is 14.2 Å². The molecule has 88 valence electrons. The van der Waals surface area contributed by atoms with Gasteiger partial charge in [-0.1, -0.05) is 0 Å². The summed E-state index contributed by atoms with van der Waals surface area (Å²) in [5.74, 6) is 2.08. The molecule has 1 heterocycles. The van der Waals surface area contributed by atoms with E-state index in [9.17, 15) is 5.11 Å². The zero-order chi connectivity index (χ0) is 11.5. The molecule has 2 rings (SSSR count). The molecule has 0 radical (unpaired) electrons. The fourth-order valence-electron chi connectivity index (χ4n) is 1.70. The van der Waals surface area contributed by atoms with Gasteiger partial charge in [0.15, 0.2) is 11.5 Å². The zero-order valence-electron chi connectivity index (χ0n) is 9.53. The lowest BCUT2D eigenvalue weighted by molar-refractivity contribution is 0.171. The molecule has 0 saturated heterocycles. The fourth-order valence-corrected chi connectivity index (χ4v) is 1.70. The second-order valence-electron chi connectivity index (χ2n) is 3.92. The highest BCUT2D eigenvalue weighted by atomic mass is 16.7. The average molecular weight is 224 g/mol. The molecule has 1 aromatic carbocycles. The first-order valence-electron chi connectivity index (χ1n) is 5.35. The topological polar surface area (TPSA) is 47.9 Å². The third kappa shape index (κ3) is 2.22. The van der Waals surface area contributed by atoms with Crippen LogP contribution in [0.15, 0.2) is 12.1 Å². The third-order valence-electron chi connectivity index (χ3n) is 2.57. The van der Waals surface area contributed by atoms with Crippen LogP contribution in [0, 0.1) is 0 Å². The van der Waals surface area contributed by atoms with Crippen LogP contribution in [0.3, 0.4) is 0 Å². The SMILES string of the molecule is COc1cc(CCC(C)O)cc2c1OCO2. The van der Waals surface area contributed by atoms with Crippen LogP contribution >= 0.6 is 0 Å². The summed E-state index contributed by atoms with van der Waals surface area (Å²) in [5.41, 5.74) is 1.09. The third-order valence-corrected chi connectivity index (χ3v) is 2.57. The van der Waals surface area contributed by atoms with Gasteiger partial charge in [-0.05, 0) is 37.5 Å². The van der Waals surface area contributed by atoms with E-state index in [1.807, 2.05) is 12.1 Å². The fraction of sp³-hybridized carbons (Fsp3) is 0.500. The molecule has 0 aromatic heterocycles. The van der Waals surface area contributed by atoms with Crippen LogP contribution in [-0.4, -0.2) is 25.1 Å². The smallest absolute Gasteiger partial charge is 0.231 e. The number of aliphatic hydroxyl groups excluding tert-OH is 1. The molecule has 0 fully saturated rings. The molecular weight excluding hydrogens is 208 g/mol. The van der Waals surface area contributed by atoms with E-state index < -0.39 is 0 Å². The monoisotopic (exact) mass is 224 g/mol. The summed E-state index contributed by atoms with van der Waals surface area (Å²) in [5, 5.41) is 9.25. The van der Waals surface area contributed by atoms with Gasteiger partial charge in [0.25, 0.3) is 0 Å². The molecule has 1 aromatic rings. The van der Waals surface area contributed by atoms with Crippen LogP contribution in [-0.2, 0) is 6.42 Å². The van der Waals surface area contributed by atoms with Gasteiger partial charge in [0.2, 0.25) is 12.5 Å². The second-order valence-corrected chi connectivity index (χ2v) is 3.92. The van der Waals surface area contributed by atoms with Crippen molar-refractivity contribution in [3.8, 4) is 17.2 Å². The predicted octanol–water partition coefficient (Wildman–Crippen LogP) is 1.74. The molecule has 1 unspecified atom stereocenters. The van der Waals surface area contributed by atoms with Gasteiger partial charge in [-0.25, -0.2) is 0 Å². The van der Waals surface area contributed by atoms with Crippen molar-refractivity contribution in [3.05, 3.63) is 17.7 Å². The average Bonchev–Trinajstić information content (AvgIpc) is 2.73. The van der Waals surface area contributed by atoms with Gasteiger partial charge in [0.05, 0.1) is 13.2 Å². The number of aryl methyl sites for hydroxylation is 1. The maximum atomic E-state index is 9.25. The van der Waals surface area contributed by atoms with Gasteiger partial charge in [-0.3, -0.25) is 0 Å². The number of benzene rings is 1. The summed E-state index contributed by atoms with van der Waals surface area (Å²) in [6.45, 7) is 2.02. The van der Waals surface area contributed by atoms with Gasteiger partial charge < -0.3 is 19.3 Å². The van der Waals surface area contributed by atoms with Crippen LogP contribution in [0.4, 0.5) is 0 Å². The second kappa shape index (κ2) is 4.61. The maximum absolute atomic E-state index is 9.25. The number of aliphatic hydroxyl groups is 1. The number of ether oxygens (including phenoxy) is 3. The summed E-state index contributed by atoms with van der Waals surface area (Å²) < 4.78 is 15.9. The standard InChI is InChI=1S/C12H16O4/c1-8(13)3-4-9-5-10(14-2)12-11(6-9)15-7-16-12/h5-6,8,13H,3-4,7H2,1-2H3. The first-order chi connectivity index (χ1) is 7.70. The Hall–Kier alpha value is -1.42. The summed E-state index contributed by atoms with van der Waals surface area (Å²) in [4.78, 5) is 0. The predicted molar refractivity (Wildman–Crippen MR) is 59.1 cm³/mol. The first kappa shape index (κ1) is 11.1. The Morgan fingerprint density at radius 2 is 2.25 bits per heavy atom. The Morgan fingerprint density at radius 1 is 1.44 bits per heavy atom. The lowest BCUT2D eigenvalue weighted by Crippen LogP contribution is -2.01. The van der Waals surface area contributed by atoms with Crippen molar-refractivity contribution in [1.82, 2.24) is 0 Å². The van der Waals surface area contributed by atoms with Crippen molar-refractivity contribution in [1.29, 1.82) is 0 Å². The molecule has 1 N–H and O–H groups in total. The summed E-state index contributed by atoms with van der Waals surface area (Å²) in [6, 6.07) is 3.86. The summed E-state index contributed by atoms with van der Waals surface area (Å²) in [7, 11) is 1.61. The molecule has 0 aliphatic carbocycles. The highest BCUT2D eigenvalue weighted by Crippen LogP contribution is 2.41. The van der Waals surface area contributed by atoms with Gasteiger partial charge in [-0.2, -0.15) is 0 Å². The largest absolute Gasteiger partial charge is 0.493 e. The number of hydrogen-bond donors (Lipinski definition) is 1. The molecule has 16 heavy (non-hydrogen) atoms. The Bertz CT molecular complexity index is 374. The van der Waals surface area contributed by atoms with Crippen LogP contribution in [0.5, 0.6) is 17.2 Å². The minimum Gasteiger partial charge on any atom is -0.493 e. The zero-order valence-corrected chi connectivity index (χ0v) is 9.53. The Kier molecular flexibility index (Phi) is 3.19. The lowest BCUT2D eigenvalue weighted by atomic mass is 10.1. The number of hydrogen-bond acceptors (Lipinski definition) is 4. The van der Waals surface area contributed by atoms with Gasteiger partial charge >= 0.3 is 0 Å². The summed E-state index contributed by atoms with van der Waals surface area (Å²) in [6.07, 6.45) is 1.23. The van der Waals surface area contributed by atoms with E-state index in [0.717, 1.165) is 24.2 Å². The lowest BCUT2D eigenvalue weighted by Gasteiger charge is -2.09. The van der Waals surface area contributed by atoms with E-state index in [1.54, 1.807) is 14.0 Å². The van der Waals surface area contributed by atoms with Crippen molar-refractivity contribution in [2.45, 2.75) is 25.9 Å². The van der Waals surface area contributed by atoms with Gasteiger partial charge in [-0.15, -0.1) is 0 Å². The quantitative estimate of drug-likeness (QED) is 0.846. The Balaban J connectivity index is 2.20. The number of fused-ring (bicyclic) bond motifs is 1. The van der Waals surface area contributed by atoms with Gasteiger partial charge in [0, 0.05) is 0 Å². The highest BCUT2D eigenvalue weighted by Gasteiger charge is 2.19. The Labute approximate surface area is 94.8 Å². The van der Waals surface area contributed by atoms with Crippen molar-refractivity contribution in [2.75, 3.05) is 13.9 Å². The van der Waals surface area contributed by atoms with Crippen molar-refractivity contribution >= 4 is 0 Å².